The summed E-state index contributed by atoms with van der Waals surface area (Å²) in [4.78, 5) is 23.9. The number of rotatable bonds is 3. The van der Waals surface area contributed by atoms with Crippen LogP contribution in [0.4, 0.5) is 0 Å². The average molecular weight is 407 g/mol. The summed E-state index contributed by atoms with van der Waals surface area (Å²) >= 11 is 12.1. The first-order valence-electron chi connectivity index (χ1n) is 8.16. The topological polar surface area (TPSA) is 76.7 Å². The van der Waals surface area contributed by atoms with E-state index in [1.165, 1.54) is 6.08 Å². The monoisotopic (exact) mass is 406 g/mol. The lowest BCUT2D eigenvalue weighted by atomic mass is 10.2. The van der Waals surface area contributed by atoms with Crippen molar-refractivity contribution < 1.29 is 19.1 Å². The maximum absolute atomic E-state index is 12.0. The highest BCUT2D eigenvalue weighted by molar-refractivity contribution is 6.33. The van der Waals surface area contributed by atoms with Crippen LogP contribution in [0.2, 0.25) is 10.0 Å². The molecule has 27 heavy (non-hydrogen) atoms. The summed E-state index contributed by atoms with van der Waals surface area (Å²) in [5.74, 6) is 0.00876. The molecule has 0 fully saturated rings. The minimum Gasteiger partial charge on any atom is -0.489 e. The second-order valence-corrected chi connectivity index (χ2v) is 6.45. The zero-order valence-corrected chi connectivity index (χ0v) is 15.6. The number of carbonyl (C=O) groups excluding carboxylic acids is 2. The summed E-state index contributed by atoms with van der Waals surface area (Å²) in [6.45, 7) is 1.07. The number of ether oxygens (including phenoxy) is 2. The van der Waals surface area contributed by atoms with Crippen molar-refractivity contribution in [2.24, 2.45) is 0 Å². The van der Waals surface area contributed by atoms with Crippen molar-refractivity contribution in [1.82, 2.24) is 10.9 Å². The third-order valence-electron chi connectivity index (χ3n) is 3.67. The van der Waals surface area contributed by atoms with Gasteiger partial charge in [-0.3, -0.25) is 20.4 Å². The summed E-state index contributed by atoms with van der Waals surface area (Å²) < 4.78 is 11.2. The lowest BCUT2D eigenvalue weighted by molar-refractivity contribution is -0.117. The lowest BCUT2D eigenvalue weighted by Gasteiger charge is -2.10. The van der Waals surface area contributed by atoms with Gasteiger partial charge in [0.15, 0.2) is 11.5 Å². The first kappa shape index (κ1) is 19.1. The molecule has 8 heteroatoms. The quantitative estimate of drug-likeness (QED) is 0.602. The van der Waals surface area contributed by atoms with Crippen molar-refractivity contribution in [3.8, 4) is 11.5 Å². The Kier molecular flexibility index (Phi) is 6.21. The maximum Gasteiger partial charge on any atom is 0.271 e. The van der Waals surface area contributed by atoms with E-state index in [2.05, 4.69) is 10.9 Å². The van der Waals surface area contributed by atoms with Crippen LogP contribution >= 0.6 is 23.2 Å². The molecule has 0 saturated heterocycles. The van der Waals surface area contributed by atoms with Gasteiger partial charge in [-0.05, 0) is 35.9 Å². The van der Waals surface area contributed by atoms with Crippen molar-refractivity contribution >= 4 is 41.1 Å². The van der Waals surface area contributed by atoms with Crippen LogP contribution in [0.5, 0.6) is 11.5 Å². The maximum atomic E-state index is 12.0. The van der Waals surface area contributed by atoms with Gasteiger partial charge >= 0.3 is 0 Å². The van der Waals surface area contributed by atoms with Crippen LogP contribution in [0.25, 0.3) is 6.08 Å². The molecule has 2 aromatic carbocycles. The summed E-state index contributed by atoms with van der Waals surface area (Å²) in [5, 5.41) is 0.697. The highest BCUT2D eigenvalue weighted by Crippen LogP contribution is 2.38. The number of halogens is 2. The van der Waals surface area contributed by atoms with Gasteiger partial charge in [-0.1, -0.05) is 35.3 Å². The number of carbonyl (C=O) groups is 2. The molecule has 2 amide bonds. The Bertz CT molecular complexity index is 899. The van der Waals surface area contributed by atoms with Gasteiger partial charge in [-0.2, -0.15) is 0 Å². The Morgan fingerprint density at radius 2 is 1.78 bits per heavy atom. The van der Waals surface area contributed by atoms with Gasteiger partial charge in [0.25, 0.3) is 11.8 Å². The summed E-state index contributed by atoms with van der Waals surface area (Å²) in [7, 11) is 0. The summed E-state index contributed by atoms with van der Waals surface area (Å²) in [5.41, 5.74) is 5.52. The van der Waals surface area contributed by atoms with Gasteiger partial charge < -0.3 is 9.47 Å². The van der Waals surface area contributed by atoms with E-state index in [1.807, 2.05) is 0 Å². The van der Waals surface area contributed by atoms with Gasteiger partial charge in [0.05, 0.1) is 28.8 Å². The van der Waals surface area contributed by atoms with Crippen LogP contribution < -0.4 is 20.3 Å². The van der Waals surface area contributed by atoms with Crippen LogP contribution in [0, 0.1) is 0 Å². The van der Waals surface area contributed by atoms with Crippen LogP contribution in [-0.4, -0.2) is 25.0 Å². The van der Waals surface area contributed by atoms with Crippen molar-refractivity contribution in [3.63, 3.8) is 0 Å². The molecule has 0 saturated carbocycles. The highest BCUT2D eigenvalue weighted by atomic mass is 35.5. The predicted molar refractivity (Wildman–Crippen MR) is 103 cm³/mol. The molecule has 0 radical (unpaired) electrons. The number of hydrazine groups is 1. The molecule has 0 aromatic heterocycles. The lowest BCUT2D eigenvalue weighted by Crippen LogP contribution is -2.40. The van der Waals surface area contributed by atoms with Crippen LogP contribution in [0.15, 0.2) is 42.5 Å². The standard InChI is InChI=1S/C19H16Cl2N2O4/c20-14-5-2-1-4-13(14)19(25)23-22-17(24)7-6-12-10-15(21)18-16(11-12)26-8-3-9-27-18/h1-2,4-7,10-11H,3,8-9H2,(H,22,24)(H,23,25)/b7-6+. The van der Waals surface area contributed by atoms with Gasteiger partial charge in [0, 0.05) is 12.5 Å². The smallest absolute Gasteiger partial charge is 0.271 e. The number of hydrogen-bond donors (Lipinski definition) is 2. The molecule has 0 unspecified atom stereocenters. The van der Waals surface area contributed by atoms with Crippen molar-refractivity contribution in [1.29, 1.82) is 0 Å². The Labute approximate surface area is 166 Å². The van der Waals surface area contributed by atoms with E-state index < -0.39 is 11.8 Å². The fourth-order valence-electron chi connectivity index (χ4n) is 2.39. The van der Waals surface area contributed by atoms with E-state index in [-0.39, 0.29) is 5.56 Å². The Balaban J connectivity index is 1.62. The largest absolute Gasteiger partial charge is 0.489 e. The van der Waals surface area contributed by atoms with Crippen LogP contribution in [0.3, 0.4) is 0 Å². The summed E-state index contributed by atoms with van der Waals surface area (Å²) in [6.07, 6.45) is 3.59. The van der Waals surface area contributed by atoms with E-state index in [1.54, 1.807) is 42.5 Å². The molecule has 1 heterocycles. The third-order valence-corrected chi connectivity index (χ3v) is 4.28. The molecule has 1 aliphatic rings. The molecule has 1 aliphatic heterocycles. The predicted octanol–water partition coefficient (Wildman–Crippen LogP) is 3.63. The molecule has 140 valence electrons. The summed E-state index contributed by atoms with van der Waals surface area (Å²) in [6, 6.07) is 9.93. The molecule has 2 aromatic rings. The third kappa shape index (κ3) is 4.93. The van der Waals surface area contributed by atoms with E-state index in [9.17, 15) is 9.59 Å². The second-order valence-electron chi connectivity index (χ2n) is 5.64. The van der Waals surface area contributed by atoms with Gasteiger partial charge in [0.2, 0.25) is 0 Å². The fourth-order valence-corrected chi connectivity index (χ4v) is 2.89. The van der Waals surface area contributed by atoms with Crippen molar-refractivity contribution in [2.45, 2.75) is 6.42 Å². The molecular weight excluding hydrogens is 391 g/mol. The van der Waals surface area contributed by atoms with Gasteiger partial charge in [-0.15, -0.1) is 0 Å². The molecule has 6 nitrogen and oxygen atoms in total. The minimum atomic E-state index is -0.515. The SMILES string of the molecule is O=C(/C=C/c1cc(Cl)c2c(c1)OCCCO2)NNC(=O)c1ccccc1Cl. The minimum absolute atomic E-state index is 0.262. The molecule has 3 rings (SSSR count). The average Bonchev–Trinajstić information content (AvgIpc) is 2.90. The Morgan fingerprint density at radius 3 is 2.59 bits per heavy atom. The van der Waals surface area contributed by atoms with Crippen LogP contribution in [-0.2, 0) is 4.79 Å². The van der Waals surface area contributed by atoms with Crippen LogP contribution in [0.1, 0.15) is 22.3 Å². The number of amides is 2. The first-order valence-corrected chi connectivity index (χ1v) is 8.92. The zero-order valence-electron chi connectivity index (χ0n) is 14.1. The van der Waals surface area contributed by atoms with Crippen molar-refractivity contribution in [2.75, 3.05) is 13.2 Å². The zero-order chi connectivity index (χ0) is 19.2. The molecule has 0 spiro atoms. The Morgan fingerprint density at radius 1 is 1.00 bits per heavy atom. The normalized spacial score (nSPS) is 13.1. The molecule has 0 atom stereocenters. The number of fused-ring (bicyclic) bond motifs is 1. The van der Waals surface area contributed by atoms with E-state index in [0.29, 0.717) is 40.3 Å². The van der Waals surface area contributed by atoms with Gasteiger partial charge in [0.1, 0.15) is 0 Å². The molecule has 0 bridgehead atoms. The molecular formula is C19H16Cl2N2O4. The fraction of sp³-hybridized carbons (Fsp3) is 0.158. The Hall–Kier alpha value is -2.70. The highest BCUT2D eigenvalue weighted by Gasteiger charge is 2.15. The van der Waals surface area contributed by atoms with Gasteiger partial charge in [-0.25, -0.2) is 0 Å². The molecule has 2 N–H and O–H groups in total. The van der Waals surface area contributed by atoms with E-state index >= 15 is 0 Å². The second kappa shape index (κ2) is 8.79. The number of benzene rings is 2. The van der Waals surface area contributed by atoms with E-state index in [0.717, 1.165) is 6.42 Å². The first-order chi connectivity index (χ1) is 13.0. The number of hydrogen-bond acceptors (Lipinski definition) is 4. The number of nitrogens with one attached hydrogen (secondary N) is 2. The van der Waals surface area contributed by atoms with Crippen molar-refractivity contribution in [3.05, 3.63) is 63.6 Å². The molecule has 0 aliphatic carbocycles. The van der Waals surface area contributed by atoms with E-state index in [4.69, 9.17) is 32.7 Å².